The number of nitrogens with zero attached hydrogens (tertiary/aromatic N) is 2. The molecular weight excluding hydrogens is 439 g/mol. The van der Waals surface area contributed by atoms with Crippen molar-refractivity contribution in [2.75, 3.05) is 6.61 Å². The maximum absolute atomic E-state index is 14.2. The molecule has 2 heterocycles. The van der Waals surface area contributed by atoms with Crippen LogP contribution in [0.15, 0.2) is 38.3 Å². The standard InChI is InChI=1S/C18H16BrFN2O4S/c1-3-26-15(23)9-22-17-13(6-10(2)27-17)16(24)21(18(22)25)8-11-4-5-12(19)7-14(11)20/h4-7H,3,8-9H2,1-2H3. The van der Waals surface area contributed by atoms with E-state index in [1.165, 1.54) is 28.0 Å². The summed E-state index contributed by atoms with van der Waals surface area (Å²) in [6.45, 7) is 3.12. The minimum atomic E-state index is -0.676. The van der Waals surface area contributed by atoms with Crippen LogP contribution >= 0.6 is 27.3 Å². The SMILES string of the molecule is CCOC(=O)Cn1c(=O)n(Cc2ccc(Br)cc2F)c(=O)c2cc(C)sc21. The van der Waals surface area contributed by atoms with Gasteiger partial charge in [-0.1, -0.05) is 22.0 Å². The van der Waals surface area contributed by atoms with Gasteiger partial charge in [0.05, 0.1) is 18.5 Å². The smallest absolute Gasteiger partial charge is 0.332 e. The fourth-order valence-corrected chi connectivity index (χ4v) is 4.08. The second kappa shape index (κ2) is 7.77. The first-order chi connectivity index (χ1) is 12.8. The Balaban J connectivity index is 2.19. The number of thiophene rings is 1. The van der Waals surface area contributed by atoms with E-state index in [0.29, 0.717) is 14.7 Å². The maximum Gasteiger partial charge on any atom is 0.332 e. The van der Waals surface area contributed by atoms with E-state index in [-0.39, 0.29) is 25.3 Å². The van der Waals surface area contributed by atoms with Crippen LogP contribution in [0.2, 0.25) is 0 Å². The highest BCUT2D eigenvalue weighted by molar-refractivity contribution is 9.10. The van der Waals surface area contributed by atoms with E-state index in [2.05, 4.69) is 15.9 Å². The zero-order chi connectivity index (χ0) is 19.7. The summed E-state index contributed by atoms with van der Waals surface area (Å²) in [5.74, 6) is -1.11. The molecule has 0 saturated carbocycles. The number of ether oxygens (including phenoxy) is 1. The number of aromatic nitrogens is 2. The average molecular weight is 455 g/mol. The molecule has 27 heavy (non-hydrogen) atoms. The zero-order valence-electron chi connectivity index (χ0n) is 14.6. The number of esters is 1. The molecule has 0 fully saturated rings. The lowest BCUT2D eigenvalue weighted by Crippen LogP contribution is -2.41. The van der Waals surface area contributed by atoms with Gasteiger partial charge >= 0.3 is 11.7 Å². The third kappa shape index (κ3) is 3.89. The number of benzene rings is 1. The Morgan fingerprint density at radius 3 is 2.67 bits per heavy atom. The van der Waals surface area contributed by atoms with Gasteiger partial charge in [0.2, 0.25) is 0 Å². The summed E-state index contributed by atoms with van der Waals surface area (Å²) in [5, 5.41) is 0.318. The third-order valence-corrected chi connectivity index (χ3v) is 5.52. The summed E-state index contributed by atoms with van der Waals surface area (Å²) in [6, 6.07) is 6.07. The Hall–Kier alpha value is -2.26. The van der Waals surface area contributed by atoms with E-state index >= 15 is 0 Å². The van der Waals surface area contributed by atoms with Gasteiger partial charge in [0.1, 0.15) is 17.2 Å². The van der Waals surface area contributed by atoms with Crippen LogP contribution in [0.1, 0.15) is 17.4 Å². The summed E-state index contributed by atoms with van der Waals surface area (Å²) in [5.41, 5.74) is -0.988. The van der Waals surface area contributed by atoms with Gasteiger partial charge in [0, 0.05) is 14.9 Å². The van der Waals surface area contributed by atoms with Crippen molar-refractivity contribution < 1.29 is 13.9 Å². The lowest BCUT2D eigenvalue weighted by Gasteiger charge is -2.12. The Morgan fingerprint density at radius 1 is 1.26 bits per heavy atom. The highest BCUT2D eigenvalue weighted by Gasteiger charge is 2.19. The molecular formula is C18H16BrFN2O4S. The van der Waals surface area contributed by atoms with Crippen LogP contribution in [-0.2, 0) is 22.6 Å². The van der Waals surface area contributed by atoms with Crippen molar-refractivity contribution in [3.63, 3.8) is 0 Å². The minimum Gasteiger partial charge on any atom is -0.465 e. The molecule has 0 atom stereocenters. The van der Waals surface area contributed by atoms with Crippen LogP contribution in [0, 0.1) is 12.7 Å². The second-order valence-corrected chi connectivity index (χ2v) is 8.03. The van der Waals surface area contributed by atoms with Crippen molar-refractivity contribution in [2.24, 2.45) is 0 Å². The van der Waals surface area contributed by atoms with E-state index in [4.69, 9.17) is 4.74 Å². The first-order valence-corrected chi connectivity index (χ1v) is 9.76. The zero-order valence-corrected chi connectivity index (χ0v) is 17.0. The molecule has 2 aromatic heterocycles. The summed E-state index contributed by atoms with van der Waals surface area (Å²) in [7, 11) is 0. The largest absolute Gasteiger partial charge is 0.465 e. The Bertz CT molecular complexity index is 1150. The van der Waals surface area contributed by atoms with Crippen LogP contribution < -0.4 is 11.2 Å². The molecule has 3 aromatic rings. The number of halogens is 2. The number of aryl methyl sites for hydroxylation is 1. The van der Waals surface area contributed by atoms with Crippen LogP contribution in [0.5, 0.6) is 0 Å². The van der Waals surface area contributed by atoms with E-state index in [9.17, 15) is 18.8 Å². The lowest BCUT2D eigenvalue weighted by molar-refractivity contribution is -0.143. The summed E-state index contributed by atoms with van der Waals surface area (Å²) in [6.07, 6.45) is 0. The molecule has 9 heteroatoms. The molecule has 0 amide bonds. The number of rotatable bonds is 5. The quantitative estimate of drug-likeness (QED) is 0.555. The number of fused-ring (bicyclic) bond motifs is 1. The fourth-order valence-electron chi connectivity index (χ4n) is 2.76. The van der Waals surface area contributed by atoms with Crippen molar-refractivity contribution in [3.05, 3.63) is 65.8 Å². The number of hydrogen-bond acceptors (Lipinski definition) is 5. The Morgan fingerprint density at radius 2 is 2.00 bits per heavy atom. The highest BCUT2D eigenvalue weighted by Crippen LogP contribution is 2.22. The van der Waals surface area contributed by atoms with Gasteiger partial charge in [-0.25, -0.2) is 9.18 Å². The van der Waals surface area contributed by atoms with Crippen molar-refractivity contribution >= 4 is 43.5 Å². The van der Waals surface area contributed by atoms with Crippen molar-refractivity contribution in [1.29, 1.82) is 0 Å². The fraction of sp³-hybridized carbons (Fsp3) is 0.278. The molecule has 0 spiro atoms. The summed E-state index contributed by atoms with van der Waals surface area (Å²) in [4.78, 5) is 38.9. The van der Waals surface area contributed by atoms with E-state index < -0.39 is 23.0 Å². The third-order valence-electron chi connectivity index (χ3n) is 3.95. The highest BCUT2D eigenvalue weighted by atomic mass is 79.9. The van der Waals surface area contributed by atoms with Gasteiger partial charge in [0.25, 0.3) is 5.56 Å². The van der Waals surface area contributed by atoms with Gasteiger partial charge in [-0.2, -0.15) is 0 Å². The van der Waals surface area contributed by atoms with Crippen LogP contribution in [0.25, 0.3) is 10.2 Å². The van der Waals surface area contributed by atoms with Crippen LogP contribution in [-0.4, -0.2) is 21.7 Å². The van der Waals surface area contributed by atoms with Crippen LogP contribution in [0.4, 0.5) is 4.39 Å². The Labute approximate surface area is 165 Å². The molecule has 0 radical (unpaired) electrons. The molecule has 0 saturated heterocycles. The summed E-state index contributed by atoms with van der Waals surface area (Å²) >= 11 is 4.42. The average Bonchev–Trinajstić information content (AvgIpc) is 2.99. The maximum atomic E-state index is 14.2. The minimum absolute atomic E-state index is 0.184. The first kappa shape index (κ1) is 19.5. The molecule has 142 valence electrons. The summed E-state index contributed by atoms with van der Waals surface area (Å²) < 4.78 is 21.8. The van der Waals surface area contributed by atoms with Gasteiger partial charge < -0.3 is 4.74 Å². The van der Waals surface area contributed by atoms with E-state index in [0.717, 1.165) is 9.44 Å². The van der Waals surface area contributed by atoms with Crippen molar-refractivity contribution in [1.82, 2.24) is 9.13 Å². The van der Waals surface area contributed by atoms with Crippen molar-refractivity contribution in [3.8, 4) is 0 Å². The predicted octanol–water partition coefficient (Wildman–Crippen LogP) is 3.05. The predicted molar refractivity (Wildman–Crippen MR) is 105 cm³/mol. The molecule has 0 unspecified atom stereocenters. The monoisotopic (exact) mass is 454 g/mol. The number of carbonyl (C=O) groups excluding carboxylic acids is 1. The normalized spacial score (nSPS) is 11.1. The molecule has 0 bridgehead atoms. The van der Waals surface area contributed by atoms with Crippen molar-refractivity contribution in [2.45, 2.75) is 26.9 Å². The molecule has 0 N–H and O–H groups in total. The van der Waals surface area contributed by atoms with Gasteiger partial charge in [-0.05, 0) is 32.0 Å². The molecule has 0 aliphatic rings. The second-order valence-electron chi connectivity index (χ2n) is 5.88. The van der Waals surface area contributed by atoms with Crippen LogP contribution in [0.3, 0.4) is 0 Å². The molecule has 3 rings (SSSR count). The number of carbonyl (C=O) groups is 1. The van der Waals surface area contributed by atoms with E-state index in [1.54, 1.807) is 19.1 Å². The molecule has 0 aliphatic heterocycles. The Kier molecular flexibility index (Phi) is 5.61. The lowest BCUT2D eigenvalue weighted by atomic mass is 10.2. The topological polar surface area (TPSA) is 70.3 Å². The molecule has 6 nitrogen and oxygen atoms in total. The number of hydrogen-bond donors (Lipinski definition) is 0. The van der Waals surface area contributed by atoms with Gasteiger partial charge in [-0.15, -0.1) is 11.3 Å². The van der Waals surface area contributed by atoms with Gasteiger partial charge in [-0.3, -0.25) is 18.7 Å². The molecule has 0 aliphatic carbocycles. The van der Waals surface area contributed by atoms with Gasteiger partial charge in [0.15, 0.2) is 0 Å². The van der Waals surface area contributed by atoms with E-state index in [1.807, 2.05) is 6.92 Å². The molecule has 1 aromatic carbocycles. The first-order valence-electron chi connectivity index (χ1n) is 8.15.